The molecule has 152 valence electrons. The van der Waals surface area contributed by atoms with E-state index in [0.717, 1.165) is 38.7 Å². The highest BCUT2D eigenvalue weighted by atomic mass is 32.2. The lowest BCUT2D eigenvalue weighted by molar-refractivity contribution is 0.341. The number of rotatable bonds is 7. The predicted molar refractivity (Wildman–Crippen MR) is 127 cm³/mol. The van der Waals surface area contributed by atoms with Crippen LogP contribution in [0.1, 0.15) is 11.1 Å². The third-order valence-electron chi connectivity index (χ3n) is 4.93. The Morgan fingerprint density at radius 1 is 0.871 bits per heavy atom. The molecule has 1 aromatic heterocycles. The molecule has 0 atom stereocenters. The van der Waals surface area contributed by atoms with Gasteiger partial charge in [0.25, 0.3) is 0 Å². The third-order valence-corrected chi connectivity index (χ3v) is 5.87. The molecule has 0 unspecified atom stereocenters. The number of benzene rings is 3. The molecule has 1 heterocycles. The number of thioether (sulfide) groups is 1. The van der Waals surface area contributed by atoms with Gasteiger partial charge in [-0.15, -0.1) is 11.8 Å². The van der Waals surface area contributed by atoms with Gasteiger partial charge in [-0.3, -0.25) is 0 Å². The van der Waals surface area contributed by atoms with Crippen LogP contribution >= 0.6 is 11.8 Å². The van der Waals surface area contributed by atoms with Crippen LogP contribution < -0.4 is 4.74 Å². The van der Waals surface area contributed by atoms with E-state index in [4.69, 9.17) is 9.72 Å². The van der Waals surface area contributed by atoms with Gasteiger partial charge in [0.2, 0.25) is 0 Å². The minimum Gasteiger partial charge on any atom is -0.492 e. The van der Waals surface area contributed by atoms with Crippen LogP contribution in [0.2, 0.25) is 0 Å². The summed E-state index contributed by atoms with van der Waals surface area (Å²) in [5.41, 5.74) is 5.52. The van der Waals surface area contributed by atoms with Gasteiger partial charge in [0.1, 0.15) is 16.8 Å². The van der Waals surface area contributed by atoms with Gasteiger partial charge >= 0.3 is 0 Å². The van der Waals surface area contributed by atoms with Crippen molar-refractivity contribution in [3.63, 3.8) is 0 Å². The van der Waals surface area contributed by atoms with Gasteiger partial charge in [-0.2, -0.15) is 5.26 Å². The largest absolute Gasteiger partial charge is 0.492 e. The first-order valence-electron chi connectivity index (χ1n) is 10.1. The van der Waals surface area contributed by atoms with E-state index in [2.05, 4.69) is 6.07 Å². The third kappa shape index (κ3) is 4.96. The number of pyridine rings is 1. The Bertz CT molecular complexity index is 1200. The number of aryl methyl sites for hydroxylation is 1. The molecule has 31 heavy (non-hydrogen) atoms. The summed E-state index contributed by atoms with van der Waals surface area (Å²) in [6.07, 6.45) is 0. The summed E-state index contributed by atoms with van der Waals surface area (Å²) < 4.78 is 5.93. The molecule has 0 amide bonds. The van der Waals surface area contributed by atoms with Gasteiger partial charge in [-0.05, 0) is 30.2 Å². The van der Waals surface area contributed by atoms with E-state index in [0.29, 0.717) is 17.9 Å². The summed E-state index contributed by atoms with van der Waals surface area (Å²) in [5.74, 6) is 1.59. The summed E-state index contributed by atoms with van der Waals surface area (Å²) >= 11 is 1.56. The van der Waals surface area contributed by atoms with E-state index in [1.54, 1.807) is 11.8 Å². The fourth-order valence-electron chi connectivity index (χ4n) is 3.34. The highest BCUT2D eigenvalue weighted by molar-refractivity contribution is 7.99. The van der Waals surface area contributed by atoms with Crippen molar-refractivity contribution in [2.24, 2.45) is 0 Å². The Hall–Kier alpha value is -3.55. The molecule has 0 aliphatic heterocycles. The van der Waals surface area contributed by atoms with E-state index >= 15 is 0 Å². The van der Waals surface area contributed by atoms with Crippen LogP contribution in [-0.4, -0.2) is 17.3 Å². The average Bonchev–Trinajstić information content (AvgIpc) is 2.83. The highest BCUT2D eigenvalue weighted by Gasteiger charge is 2.15. The van der Waals surface area contributed by atoms with Gasteiger partial charge in [0.15, 0.2) is 0 Å². The Morgan fingerprint density at radius 3 is 2.19 bits per heavy atom. The Labute approximate surface area is 187 Å². The number of ether oxygens (including phenoxy) is 1. The molecule has 0 aliphatic carbocycles. The number of aromatic nitrogens is 1. The molecule has 0 saturated carbocycles. The Morgan fingerprint density at radius 2 is 1.52 bits per heavy atom. The van der Waals surface area contributed by atoms with Crippen LogP contribution in [0.3, 0.4) is 0 Å². The van der Waals surface area contributed by atoms with Crippen LogP contribution in [0.15, 0.2) is 96.0 Å². The van der Waals surface area contributed by atoms with Gasteiger partial charge in [-0.1, -0.05) is 78.9 Å². The van der Waals surface area contributed by atoms with Crippen molar-refractivity contribution in [1.29, 1.82) is 5.26 Å². The number of hydrogen-bond acceptors (Lipinski definition) is 4. The van der Waals surface area contributed by atoms with Crippen LogP contribution in [0.4, 0.5) is 0 Å². The molecule has 3 aromatic carbocycles. The smallest absolute Gasteiger partial charge is 0.122 e. The topological polar surface area (TPSA) is 45.9 Å². The maximum absolute atomic E-state index is 9.96. The first-order chi connectivity index (χ1) is 15.3. The van der Waals surface area contributed by atoms with Crippen LogP contribution in [0.5, 0.6) is 5.75 Å². The maximum Gasteiger partial charge on any atom is 0.122 e. The van der Waals surface area contributed by atoms with Gasteiger partial charge in [0, 0.05) is 16.9 Å². The molecule has 0 radical (unpaired) electrons. The minimum atomic E-state index is 0.540. The van der Waals surface area contributed by atoms with Crippen LogP contribution in [-0.2, 0) is 0 Å². The van der Waals surface area contributed by atoms with Crippen molar-refractivity contribution in [3.05, 3.63) is 102 Å². The fraction of sp³-hybridized carbons (Fsp3) is 0.111. The van der Waals surface area contributed by atoms with E-state index in [9.17, 15) is 5.26 Å². The lowest BCUT2D eigenvalue weighted by atomic mass is 9.99. The molecular weight excluding hydrogens is 400 g/mol. The zero-order valence-corrected chi connectivity index (χ0v) is 18.1. The molecule has 3 nitrogen and oxygen atoms in total. The lowest BCUT2D eigenvalue weighted by Crippen LogP contribution is -2.03. The molecule has 0 aliphatic rings. The Balaban J connectivity index is 1.64. The van der Waals surface area contributed by atoms with Crippen molar-refractivity contribution >= 4 is 11.8 Å². The van der Waals surface area contributed by atoms with E-state index in [-0.39, 0.29) is 0 Å². The summed E-state index contributed by atoms with van der Waals surface area (Å²) in [6.45, 7) is 2.57. The molecule has 0 spiro atoms. The second-order valence-corrected chi connectivity index (χ2v) is 8.13. The summed E-state index contributed by atoms with van der Waals surface area (Å²) in [4.78, 5) is 4.85. The molecule has 4 aromatic rings. The van der Waals surface area contributed by atoms with Crippen molar-refractivity contribution in [2.45, 2.75) is 11.9 Å². The van der Waals surface area contributed by atoms with Gasteiger partial charge in [-0.25, -0.2) is 4.98 Å². The van der Waals surface area contributed by atoms with Crippen LogP contribution in [0, 0.1) is 18.3 Å². The normalized spacial score (nSPS) is 10.5. The zero-order chi connectivity index (χ0) is 21.5. The van der Waals surface area contributed by atoms with Crippen molar-refractivity contribution in [1.82, 2.24) is 4.98 Å². The summed E-state index contributed by atoms with van der Waals surface area (Å²) in [6, 6.07) is 32.5. The van der Waals surface area contributed by atoms with Crippen LogP contribution in [0.25, 0.3) is 22.4 Å². The molecule has 0 N–H and O–H groups in total. The average molecular weight is 423 g/mol. The Kier molecular flexibility index (Phi) is 6.66. The van der Waals surface area contributed by atoms with Gasteiger partial charge < -0.3 is 4.74 Å². The van der Waals surface area contributed by atoms with E-state index < -0.39 is 0 Å². The van der Waals surface area contributed by atoms with Crippen molar-refractivity contribution in [3.8, 4) is 34.2 Å². The number of nitriles is 1. The monoisotopic (exact) mass is 422 g/mol. The van der Waals surface area contributed by atoms with Gasteiger partial charge in [0.05, 0.1) is 17.9 Å². The second-order valence-electron chi connectivity index (χ2n) is 7.04. The lowest BCUT2D eigenvalue weighted by Gasteiger charge is -2.13. The van der Waals surface area contributed by atoms with Crippen molar-refractivity contribution < 1.29 is 4.74 Å². The number of para-hydroxylation sites is 1. The number of hydrogen-bond donors (Lipinski definition) is 0. The zero-order valence-electron chi connectivity index (χ0n) is 17.3. The number of nitrogens with zero attached hydrogens (tertiary/aromatic N) is 2. The predicted octanol–water partition coefficient (Wildman–Crippen LogP) is 6.77. The molecular formula is C27H22N2OS. The SMILES string of the molecule is Cc1ccccc1OCCSc1nc(-c2ccccc2)cc(-c2ccccc2)c1C#N. The maximum atomic E-state index is 9.96. The molecule has 4 rings (SSSR count). The van der Waals surface area contributed by atoms with E-state index in [1.807, 2.05) is 97.9 Å². The highest BCUT2D eigenvalue weighted by Crippen LogP contribution is 2.34. The quantitative estimate of drug-likeness (QED) is 0.244. The molecule has 0 saturated heterocycles. The second kappa shape index (κ2) is 9.97. The van der Waals surface area contributed by atoms with Crippen molar-refractivity contribution in [2.75, 3.05) is 12.4 Å². The first-order valence-corrected chi connectivity index (χ1v) is 11.1. The molecule has 0 bridgehead atoms. The molecule has 0 fully saturated rings. The summed E-state index contributed by atoms with van der Waals surface area (Å²) in [7, 11) is 0. The molecule has 4 heteroatoms. The van der Waals surface area contributed by atoms with E-state index in [1.165, 1.54) is 0 Å². The minimum absolute atomic E-state index is 0.540. The standard InChI is InChI=1S/C27H22N2OS/c1-20-10-8-9-15-26(20)30-16-17-31-27-24(19-28)23(21-11-4-2-5-12-21)18-25(29-27)22-13-6-3-7-14-22/h2-15,18H,16-17H2,1H3. The summed E-state index contributed by atoms with van der Waals surface area (Å²) in [5, 5.41) is 10.7. The fourth-order valence-corrected chi connectivity index (χ4v) is 4.17. The first kappa shape index (κ1) is 20.7.